The Bertz CT molecular complexity index is 2700. The lowest BCUT2D eigenvalue weighted by molar-refractivity contribution is -0.146. The van der Waals surface area contributed by atoms with Gasteiger partial charge < -0.3 is 55.3 Å². The molecule has 4 amide bonds. The van der Waals surface area contributed by atoms with E-state index in [1.807, 2.05) is 98.6 Å². The summed E-state index contributed by atoms with van der Waals surface area (Å²) in [6.45, 7) is 5.57. The first kappa shape index (κ1) is 56.8. The van der Waals surface area contributed by atoms with Crippen LogP contribution in [0.3, 0.4) is 0 Å². The minimum atomic E-state index is -1.44. The Labute approximate surface area is 442 Å². The van der Waals surface area contributed by atoms with Crippen molar-refractivity contribution >= 4 is 53.0 Å². The van der Waals surface area contributed by atoms with E-state index in [0.717, 1.165) is 28.2 Å². The molecule has 5 aromatic rings. The molecule has 2 heterocycles. The van der Waals surface area contributed by atoms with Crippen molar-refractivity contribution in [3.05, 3.63) is 136 Å². The van der Waals surface area contributed by atoms with Gasteiger partial charge in [-0.1, -0.05) is 71.7 Å². The van der Waals surface area contributed by atoms with Gasteiger partial charge in [-0.2, -0.15) is 0 Å². The number of ether oxygens (including phenoxy) is 2. The predicted octanol–water partition coefficient (Wildman–Crippen LogP) is 7.15. The molecular formula is C55H68Cl2N8O9. The van der Waals surface area contributed by atoms with Crippen LogP contribution in [0.2, 0.25) is 10.0 Å². The van der Waals surface area contributed by atoms with Crippen molar-refractivity contribution in [3.63, 3.8) is 0 Å². The summed E-state index contributed by atoms with van der Waals surface area (Å²) in [7, 11) is 5.95. The number of carboxylic acid groups (broad SMARTS) is 1. The van der Waals surface area contributed by atoms with Crippen LogP contribution in [0.1, 0.15) is 69.0 Å². The van der Waals surface area contributed by atoms with Crippen molar-refractivity contribution in [1.29, 1.82) is 0 Å². The smallest absolute Gasteiger partial charge is 0.407 e. The molecule has 74 heavy (non-hydrogen) atoms. The third-order valence-corrected chi connectivity index (χ3v) is 13.0. The lowest BCUT2D eigenvalue weighted by atomic mass is 9.82. The summed E-state index contributed by atoms with van der Waals surface area (Å²) < 4.78 is 13.8. The molecule has 1 aliphatic heterocycles. The van der Waals surface area contributed by atoms with E-state index in [1.54, 1.807) is 56.0 Å². The molecule has 0 spiro atoms. The number of likely N-dealkylation sites (tertiary alicyclic amines) is 1. The molecule has 0 bridgehead atoms. The standard InChI is InChI=1S/C55H68Cl2N8O9/c1-54(2,3)74-53(72)58-25-23-44(59-31-39-15-20-42(57)29-47(39)73-43-21-16-38(17-22-43)46-32-60-48(64(46)6)33-63(4)5)50(69)61-45(34-66)51(70)62-55(30-37-13-18-41(56)19-14-37)24-10-26-65(35-55)52(71)40(28-49(67)68)27-36-11-8-7-9-12-36/h7-9,11-22,29,32,40,44-45,59,66H,10,23-28,30-31,33-35H2,1-6H3,(H,58,72)(H,61,69)(H,62,70)(H,67,68)/t40?,44?,45?,55-/m1/s1. The molecule has 0 saturated carbocycles. The highest BCUT2D eigenvalue weighted by molar-refractivity contribution is 6.31. The maximum atomic E-state index is 14.5. The highest BCUT2D eigenvalue weighted by Gasteiger charge is 2.42. The van der Waals surface area contributed by atoms with Crippen LogP contribution in [0.15, 0.2) is 103 Å². The molecule has 0 radical (unpaired) electrons. The van der Waals surface area contributed by atoms with Crippen molar-refractivity contribution < 1.29 is 43.7 Å². The zero-order chi connectivity index (χ0) is 53.6. The summed E-state index contributed by atoms with van der Waals surface area (Å²) >= 11 is 12.7. The highest BCUT2D eigenvalue weighted by Crippen LogP contribution is 2.32. The van der Waals surface area contributed by atoms with Crippen LogP contribution in [0.25, 0.3) is 11.3 Å². The largest absolute Gasteiger partial charge is 0.481 e. The van der Waals surface area contributed by atoms with Gasteiger partial charge in [0, 0.05) is 54.4 Å². The quantitative estimate of drug-likeness (QED) is 0.0385. The third kappa shape index (κ3) is 16.8. The number of aliphatic hydroxyl groups excluding tert-OH is 1. The summed E-state index contributed by atoms with van der Waals surface area (Å²) in [5.74, 6) is -1.78. The molecule has 1 fully saturated rings. The number of nitrogens with zero attached hydrogens (tertiary/aromatic N) is 4. The fourth-order valence-corrected chi connectivity index (χ4v) is 9.25. The molecule has 1 aliphatic rings. The van der Waals surface area contributed by atoms with Crippen LogP contribution in [-0.2, 0) is 56.9 Å². The number of benzene rings is 4. The van der Waals surface area contributed by atoms with E-state index >= 15 is 0 Å². The van der Waals surface area contributed by atoms with E-state index in [9.17, 15) is 34.2 Å². The Morgan fingerprint density at radius 2 is 1.59 bits per heavy atom. The summed E-state index contributed by atoms with van der Waals surface area (Å²) in [4.78, 5) is 76.1. The number of rotatable bonds is 23. The molecule has 0 aliphatic carbocycles. The zero-order valence-electron chi connectivity index (χ0n) is 42.8. The molecule has 1 aromatic heterocycles. The molecular weight excluding hydrogens is 988 g/mol. The number of carbonyl (C=O) groups excluding carboxylic acids is 4. The Morgan fingerprint density at radius 1 is 0.892 bits per heavy atom. The fraction of sp³-hybridized carbons (Fsp3) is 0.418. The molecule has 17 nitrogen and oxygen atoms in total. The summed E-state index contributed by atoms with van der Waals surface area (Å²) in [5.41, 5.74) is 2.30. The molecule has 4 atom stereocenters. The molecule has 396 valence electrons. The number of carbonyl (C=O) groups is 5. The molecule has 6 N–H and O–H groups in total. The van der Waals surface area contributed by atoms with Crippen LogP contribution >= 0.6 is 23.2 Å². The Morgan fingerprint density at radius 3 is 2.26 bits per heavy atom. The van der Waals surface area contributed by atoms with Crippen molar-refractivity contribution in [1.82, 2.24) is 40.6 Å². The SMILES string of the molecule is CN(C)Cc1ncc(-c2ccc(Oc3cc(Cl)ccc3CNC(CCNC(=O)OC(C)(C)C)C(=O)NC(CO)C(=O)N[C@@]3(Cc4ccc(Cl)cc4)CCCN(C(=O)C(CC(=O)O)Cc4ccccc4)C3)cc2)n1C. The number of aromatic nitrogens is 2. The Balaban J connectivity index is 1.20. The van der Waals surface area contributed by atoms with E-state index in [-0.39, 0.29) is 51.2 Å². The van der Waals surface area contributed by atoms with Gasteiger partial charge in [0.05, 0.1) is 49.0 Å². The Kier molecular flexibility index (Phi) is 20.0. The normalized spacial score (nSPS) is 15.9. The van der Waals surface area contributed by atoms with Gasteiger partial charge in [-0.25, -0.2) is 9.78 Å². The lowest BCUT2D eigenvalue weighted by Crippen LogP contribution is -2.65. The van der Waals surface area contributed by atoms with E-state index in [4.69, 9.17) is 32.7 Å². The average Bonchev–Trinajstić information content (AvgIpc) is 3.70. The minimum Gasteiger partial charge on any atom is -0.481 e. The van der Waals surface area contributed by atoms with Crippen molar-refractivity contribution in [3.8, 4) is 22.8 Å². The first-order valence-electron chi connectivity index (χ1n) is 24.6. The van der Waals surface area contributed by atoms with Gasteiger partial charge in [0.1, 0.15) is 29.0 Å². The number of amides is 4. The number of halogens is 2. The van der Waals surface area contributed by atoms with Crippen molar-refractivity contribution in [2.75, 3.05) is 40.3 Å². The van der Waals surface area contributed by atoms with E-state index in [0.29, 0.717) is 53.0 Å². The van der Waals surface area contributed by atoms with Crippen LogP contribution in [0.4, 0.5) is 4.79 Å². The second-order valence-corrected chi connectivity index (χ2v) is 20.9. The summed E-state index contributed by atoms with van der Waals surface area (Å²) in [6, 6.07) is 26.5. The maximum absolute atomic E-state index is 14.5. The fourth-order valence-electron chi connectivity index (χ4n) is 8.96. The second kappa shape index (κ2) is 26.1. The number of hydrogen-bond acceptors (Lipinski definition) is 11. The summed E-state index contributed by atoms with van der Waals surface area (Å²) in [5, 5.41) is 33.3. The Hall–Kier alpha value is -6.50. The van der Waals surface area contributed by atoms with Gasteiger partial charge >= 0.3 is 12.1 Å². The molecule has 6 rings (SSSR count). The van der Waals surface area contributed by atoms with Crippen LogP contribution in [-0.4, -0.2) is 123 Å². The monoisotopic (exact) mass is 1050 g/mol. The third-order valence-electron chi connectivity index (χ3n) is 12.5. The molecule has 1 saturated heterocycles. The van der Waals surface area contributed by atoms with Gasteiger partial charge in [0.25, 0.3) is 0 Å². The molecule has 3 unspecified atom stereocenters. The number of carboxylic acids is 1. The van der Waals surface area contributed by atoms with E-state index < -0.39 is 59.6 Å². The van der Waals surface area contributed by atoms with Crippen molar-refractivity contribution in [2.24, 2.45) is 13.0 Å². The van der Waals surface area contributed by atoms with Crippen molar-refractivity contribution in [2.45, 2.75) is 95.6 Å². The number of alkyl carbamates (subject to hydrolysis) is 1. The van der Waals surface area contributed by atoms with E-state index in [2.05, 4.69) is 31.2 Å². The second-order valence-electron chi connectivity index (χ2n) is 20.1. The highest BCUT2D eigenvalue weighted by atomic mass is 35.5. The number of aliphatic carboxylic acids is 1. The lowest BCUT2D eigenvalue weighted by Gasteiger charge is -2.45. The maximum Gasteiger partial charge on any atom is 0.407 e. The van der Waals surface area contributed by atoms with Crippen LogP contribution in [0, 0.1) is 5.92 Å². The first-order chi connectivity index (χ1) is 35.2. The number of piperidine rings is 1. The van der Waals surface area contributed by atoms with Crippen LogP contribution < -0.4 is 26.0 Å². The minimum absolute atomic E-state index is 0.000818. The van der Waals surface area contributed by atoms with Gasteiger partial charge in [0.15, 0.2) is 0 Å². The first-order valence-corrected chi connectivity index (χ1v) is 25.4. The number of nitrogens with one attached hydrogen (secondary N) is 4. The summed E-state index contributed by atoms with van der Waals surface area (Å²) in [6.07, 6.45) is 2.19. The van der Waals surface area contributed by atoms with Gasteiger partial charge in [-0.3, -0.25) is 19.2 Å². The number of hydrogen-bond donors (Lipinski definition) is 6. The van der Waals surface area contributed by atoms with E-state index in [1.165, 1.54) is 0 Å². The molecule has 19 heteroatoms. The number of aliphatic hydroxyl groups is 1. The molecule has 4 aromatic carbocycles. The van der Waals surface area contributed by atoms with Crippen LogP contribution in [0.5, 0.6) is 11.5 Å². The average molecular weight is 1060 g/mol. The van der Waals surface area contributed by atoms with Gasteiger partial charge in [-0.05, 0) is 127 Å². The van der Waals surface area contributed by atoms with Gasteiger partial charge in [-0.15, -0.1) is 0 Å². The predicted molar refractivity (Wildman–Crippen MR) is 284 cm³/mol. The van der Waals surface area contributed by atoms with Gasteiger partial charge in [0.2, 0.25) is 17.7 Å². The topological polar surface area (TPSA) is 217 Å². The zero-order valence-corrected chi connectivity index (χ0v) is 44.3. The number of imidazole rings is 1.